The van der Waals surface area contributed by atoms with Gasteiger partial charge in [-0.25, -0.2) is 0 Å². The third-order valence-electron chi connectivity index (χ3n) is 3.42. The number of nitrogens with one attached hydrogen (secondary N) is 1. The lowest BCUT2D eigenvalue weighted by Crippen LogP contribution is -2.36. The Balaban J connectivity index is 1.56. The Morgan fingerprint density at radius 2 is 2.12 bits per heavy atom. The number of rotatable bonds is 5. The average molecular weight is 381 g/mol. The molecule has 0 bridgehead atoms. The van der Waals surface area contributed by atoms with Gasteiger partial charge in [-0.2, -0.15) is 0 Å². The third kappa shape index (κ3) is 3.63. The third-order valence-corrected chi connectivity index (χ3v) is 5.93. The molecule has 1 aromatic carbocycles. The fraction of sp³-hybridized carbons (Fsp3) is 0.188. The summed E-state index contributed by atoms with van der Waals surface area (Å²) in [6, 6.07) is 7.77. The van der Waals surface area contributed by atoms with Crippen LogP contribution in [0, 0.1) is 0 Å². The monoisotopic (exact) mass is 380 g/mol. The summed E-state index contributed by atoms with van der Waals surface area (Å²) in [6.45, 7) is 0.412. The van der Waals surface area contributed by atoms with Crippen molar-refractivity contribution < 1.29 is 14.4 Å². The zero-order valence-corrected chi connectivity index (χ0v) is 14.8. The quantitative estimate of drug-likeness (QED) is 0.807. The van der Waals surface area contributed by atoms with Crippen LogP contribution in [0.25, 0.3) is 16.2 Å². The Morgan fingerprint density at radius 3 is 2.83 bits per heavy atom. The molecule has 1 saturated heterocycles. The molecule has 2 aromatic rings. The van der Waals surface area contributed by atoms with Crippen molar-refractivity contribution in [2.45, 2.75) is 0 Å². The molecular formula is C16H13ClN2O3S2. The molecule has 0 spiro atoms. The van der Waals surface area contributed by atoms with E-state index in [0.717, 1.165) is 31.6 Å². The van der Waals surface area contributed by atoms with Crippen LogP contribution in [0.1, 0.15) is 4.88 Å². The fourth-order valence-electron chi connectivity index (χ4n) is 2.24. The maximum atomic E-state index is 11.8. The van der Waals surface area contributed by atoms with Crippen LogP contribution in [-0.2, 0) is 9.59 Å². The summed E-state index contributed by atoms with van der Waals surface area (Å²) in [5.74, 6) is -0.334. The minimum absolute atomic E-state index is 0.178. The van der Waals surface area contributed by atoms with E-state index >= 15 is 0 Å². The molecule has 1 aliphatic rings. The van der Waals surface area contributed by atoms with Gasteiger partial charge in [0.25, 0.3) is 5.24 Å². The highest BCUT2D eigenvalue weighted by molar-refractivity contribution is 8.14. The number of carbonyl (C=O) groups excluding carboxylic acids is 3. The Kier molecular flexibility index (Phi) is 5.23. The number of fused-ring (bicyclic) bond motifs is 1. The zero-order valence-electron chi connectivity index (χ0n) is 12.5. The number of carbonyl (C=O) groups is 3. The van der Waals surface area contributed by atoms with E-state index in [1.807, 2.05) is 24.3 Å². The van der Waals surface area contributed by atoms with Crippen LogP contribution >= 0.6 is 34.7 Å². The summed E-state index contributed by atoms with van der Waals surface area (Å²) in [6.07, 6.45) is 3.07. The number of nitrogens with zero attached hydrogens (tertiary/aromatic N) is 1. The van der Waals surface area contributed by atoms with Gasteiger partial charge in [0, 0.05) is 34.1 Å². The van der Waals surface area contributed by atoms with Crippen LogP contribution in [0.3, 0.4) is 0 Å². The molecule has 0 saturated carbocycles. The van der Waals surface area contributed by atoms with Crippen molar-refractivity contribution in [3.05, 3.63) is 40.2 Å². The molecule has 3 rings (SSSR count). The summed E-state index contributed by atoms with van der Waals surface area (Å²) < 4.78 is 1.06. The predicted molar refractivity (Wildman–Crippen MR) is 98.4 cm³/mol. The highest BCUT2D eigenvalue weighted by Crippen LogP contribution is 2.35. The Bertz CT molecular complexity index is 831. The molecule has 1 N–H and O–H groups in total. The number of hydrogen-bond acceptors (Lipinski definition) is 5. The molecule has 124 valence electrons. The second kappa shape index (κ2) is 7.38. The lowest BCUT2D eigenvalue weighted by molar-refractivity contribution is -0.125. The van der Waals surface area contributed by atoms with Gasteiger partial charge in [-0.3, -0.25) is 19.3 Å². The van der Waals surface area contributed by atoms with E-state index in [4.69, 9.17) is 11.6 Å². The van der Waals surface area contributed by atoms with Gasteiger partial charge in [-0.1, -0.05) is 41.6 Å². The summed E-state index contributed by atoms with van der Waals surface area (Å²) in [5, 5.41) is 3.99. The molecule has 2 heterocycles. The molecule has 5 nitrogen and oxygen atoms in total. The van der Waals surface area contributed by atoms with Crippen molar-refractivity contribution in [3.63, 3.8) is 0 Å². The van der Waals surface area contributed by atoms with Gasteiger partial charge in [0.15, 0.2) is 0 Å². The molecule has 0 radical (unpaired) electrons. The molecule has 1 aromatic heterocycles. The van der Waals surface area contributed by atoms with Gasteiger partial charge in [0.2, 0.25) is 11.8 Å². The molecule has 1 fully saturated rings. The molecular weight excluding hydrogens is 368 g/mol. The average Bonchev–Trinajstić information content (AvgIpc) is 3.07. The number of imide groups is 1. The van der Waals surface area contributed by atoms with Crippen molar-refractivity contribution in [2.24, 2.45) is 0 Å². The second-order valence-corrected chi connectivity index (χ2v) is 7.39. The maximum absolute atomic E-state index is 11.8. The van der Waals surface area contributed by atoms with Crippen LogP contribution in [-0.4, -0.2) is 40.8 Å². The number of thioether (sulfide) groups is 1. The molecule has 0 unspecified atom stereocenters. The standard InChI is InChI=1S/C16H13ClN2O3S2/c17-15-10-3-1-2-4-11(10)24-12(15)5-6-13(20)18-7-8-19-14(21)9-23-16(19)22/h1-6H,7-9H2,(H,18,20). The lowest BCUT2D eigenvalue weighted by atomic mass is 10.2. The van der Waals surface area contributed by atoms with E-state index in [9.17, 15) is 14.4 Å². The van der Waals surface area contributed by atoms with Crippen molar-refractivity contribution in [3.8, 4) is 0 Å². The predicted octanol–water partition coefficient (Wildman–Crippen LogP) is 3.38. The van der Waals surface area contributed by atoms with E-state index in [1.54, 1.807) is 6.08 Å². The van der Waals surface area contributed by atoms with E-state index in [-0.39, 0.29) is 35.9 Å². The van der Waals surface area contributed by atoms with Gasteiger partial charge < -0.3 is 5.32 Å². The Labute approximate surface area is 151 Å². The van der Waals surface area contributed by atoms with Crippen LogP contribution in [0.4, 0.5) is 4.79 Å². The lowest BCUT2D eigenvalue weighted by Gasteiger charge is -2.12. The van der Waals surface area contributed by atoms with E-state index in [1.165, 1.54) is 17.4 Å². The van der Waals surface area contributed by atoms with Gasteiger partial charge in [-0.05, 0) is 12.1 Å². The van der Waals surface area contributed by atoms with Crippen LogP contribution in [0.2, 0.25) is 5.02 Å². The highest BCUT2D eigenvalue weighted by Gasteiger charge is 2.29. The Morgan fingerprint density at radius 1 is 1.33 bits per heavy atom. The van der Waals surface area contributed by atoms with E-state index in [2.05, 4.69) is 5.32 Å². The number of amides is 3. The number of hydrogen-bond donors (Lipinski definition) is 1. The van der Waals surface area contributed by atoms with Crippen molar-refractivity contribution in [1.82, 2.24) is 10.2 Å². The van der Waals surface area contributed by atoms with Crippen LogP contribution in [0.15, 0.2) is 30.3 Å². The molecule has 1 aliphatic heterocycles. The molecule has 3 amide bonds. The van der Waals surface area contributed by atoms with E-state index in [0.29, 0.717) is 5.02 Å². The molecule has 0 aliphatic carbocycles. The SMILES string of the molecule is O=C(C=Cc1sc2ccccc2c1Cl)NCCN1C(=O)CSC1=O. The first kappa shape index (κ1) is 17.0. The molecule has 24 heavy (non-hydrogen) atoms. The minimum Gasteiger partial charge on any atom is -0.351 e. The number of thiophene rings is 1. The molecule has 0 atom stereocenters. The maximum Gasteiger partial charge on any atom is 0.288 e. The largest absolute Gasteiger partial charge is 0.351 e. The summed E-state index contributed by atoms with van der Waals surface area (Å²) >= 11 is 8.80. The normalized spacial score (nSPS) is 15.0. The van der Waals surface area contributed by atoms with Crippen molar-refractivity contribution >= 4 is 67.9 Å². The van der Waals surface area contributed by atoms with Gasteiger partial charge >= 0.3 is 0 Å². The highest BCUT2D eigenvalue weighted by atomic mass is 35.5. The first-order valence-electron chi connectivity index (χ1n) is 7.16. The van der Waals surface area contributed by atoms with Gasteiger partial charge in [0.1, 0.15) is 0 Å². The summed E-state index contributed by atoms with van der Waals surface area (Å²) in [7, 11) is 0. The number of halogens is 1. The zero-order chi connectivity index (χ0) is 17.1. The second-order valence-electron chi connectivity index (χ2n) is 5.00. The van der Waals surface area contributed by atoms with Crippen LogP contribution < -0.4 is 5.32 Å². The fourth-order valence-corrected chi connectivity index (χ4v) is 4.39. The van der Waals surface area contributed by atoms with Crippen molar-refractivity contribution in [2.75, 3.05) is 18.8 Å². The first-order valence-corrected chi connectivity index (χ1v) is 9.34. The van der Waals surface area contributed by atoms with E-state index < -0.39 is 0 Å². The number of benzene rings is 1. The summed E-state index contributed by atoms with van der Waals surface area (Å²) in [5.41, 5.74) is 0. The minimum atomic E-state index is -0.296. The van der Waals surface area contributed by atoms with Crippen molar-refractivity contribution in [1.29, 1.82) is 0 Å². The van der Waals surface area contributed by atoms with Crippen LogP contribution in [0.5, 0.6) is 0 Å². The van der Waals surface area contributed by atoms with Gasteiger partial charge in [0.05, 0.1) is 10.8 Å². The smallest absolute Gasteiger partial charge is 0.288 e. The molecule has 8 heteroatoms. The van der Waals surface area contributed by atoms with Gasteiger partial charge in [-0.15, -0.1) is 11.3 Å². The Hall–Kier alpha value is -1.83. The summed E-state index contributed by atoms with van der Waals surface area (Å²) in [4.78, 5) is 36.7. The first-order chi connectivity index (χ1) is 11.6. The topological polar surface area (TPSA) is 66.5 Å².